The number of ether oxygens (including phenoxy) is 1. The maximum atomic E-state index is 13.5. The molecule has 0 amide bonds. The Bertz CT molecular complexity index is 838. The van der Waals surface area contributed by atoms with Crippen LogP contribution in [0.5, 0.6) is 0 Å². The molecule has 30 heavy (non-hydrogen) atoms. The van der Waals surface area contributed by atoms with Crippen molar-refractivity contribution in [1.82, 2.24) is 10.2 Å². The number of halogens is 2. The number of rotatable bonds is 4. The van der Waals surface area contributed by atoms with Crippen LogP contribution in [0.15, 0.2) is 29.3 Å². The number of nitrogens with one attached hydrogen (secondary N) is 1. The van der Waals surface area contributed by atoms with E-state index in [1.165, 1.54) is 12.1 Å². The Balaban J connectivity index is 0.00000320. The average molecular weight is 553 g/mol. The van der Waals surface area contributed by atoms with Gasteiger partial charge in [0.15, 0.2) is 15.8 Å². The quantitative estimate of drug-likeness (QED) is 0.353. The highest BCUT2D eigenvalue weighted by molar-refractivity contribution is 14.0. The highest BCUT2D eigenvalue weighted by Crippen LogP contribution is 2.35. The van der Waals surface area contributed by atoms with Crippen molar-refractivity contribution in [2.75, 3.05) is 45.1 Å². The van der Waals surface area contributed by atoms with E-state index in [0.717, 1.165) is 24.4 Å². The van der Waals surface area contributed by atoms with Gasteiger partial charge in [0.1, 0.15) is 5.82 Å². The van der Waals surface area contributed by atoms with Crippen molar-refractivity contribution in [3.05, 3.63) is 35.6 Å². The molecule has 0 aromatic heterocycles. The maximum Gasteiger partial charge on any atom is 0.194 e. The fourth-order valence-electron chi connectivity index (χ4n) is 4.08. The Morgan fingerprint density at radius 2 is 1.87 bits per heavy atom. The van der Waals surface area contributed by atoms with Crippen molar-refractivity contribution >= 4 is 39.8 Å². The normalized spacial score (nSPS) is 22.8. The van der Waals surface area contributed by atoms with E-state index in [0.29, 0.717) is 39.4 Å². The van der Waals surface area contributed by atoms with Gasteiger partial charge < -0.3 is 15.0 Å². The molecule has 0 atom stereocenters. The lowest BCUT2D eigenvalue weighted by Gasteiger charge is -2.40. The number of aliphatic imine (C=N–C) groups is 1. The lowest BCUT2D eigenvalue weighted by atomic mass is 9.74. The van der Waals surface area contributed by atoms with Crippen molar-refractivity contribution in [2.45, 2.75) is 43.8 Å². The molecule has 3 rings (SSSR count). The van der Waals surface area contributed by atoms with Gasteiger partial charge in [-0.15, -0.1) is 24.0 Å². The van der Waals surface area contributed by atoms with Gasteiger partial charge in [0, 0.05) is 38.3 Å². The lowest BCUT2D eigenvalue weighted by Crippen LogP contribution is -2.57. The first-order valence-corrected chi connectivity index (χ1v) is 11.9. The summed E-state index contributed by atoms with van der Waals surface area (Å²) in [4.78, 5) is 6.98. The molecular weight excluding hydrogens is 520 g/mol. The molecule has 2 saturated heterocycles. The van der Waals surface area contributed by atoms with E-state index in [2.05, 4.69) is 5.32 Å². The molecule has 0 bridgehead atoms. The van der Waals surface area contributed by atoms with Crippen LogP contribution in [0, 0.1) is 5.82 Å². The van der Waals surface area contributed by atoms with Gasteiger partial charge in [-0.3, -0.25) is 4.99 Å². The molecule has 6 nitrogen and oxygen atoms in total. The fraction of sp³-hybridized carbons (Fsp3) is 0.667. The first kappa shape index (κ1) is 25.3. The summed E-state index contributed by atoms with van der Waals surface area (Å²) in [7, 11) is -3.11. The van der Waals surface area contributed by atoms with Crippen LogP contribution >= 0.6 is 24.0 Å². The molecule has 9 heteroatoms. The molecule has 0 spiro atoms. The summed E-state index contributed by atoms with van der Waals surface area (Å²) >= 11 is 0. The van der Waals surface area contributed by atoms with Crippen molar-refractivity contribution in [3.63, 3.8) is 0 Å². The van der Waals surface area contributed by atoms with Crippen molar-refractivity contribution in [3.8, 4) is 0 Å². The third-order valence-electron chi connectivity index (χ3n) is 6.12. The third-order valence-corrected chi connectivity index (χ3v) is 8.65. The first-order valence-electron chi connectivity index (χ1n) is 10.3. The molecule has 2 aliphatic heterocycles. The van der Waals surface area contributed by atoms with Crippen LogP contribution in [0.1, 0.15) is 39.2 Å². The summed E-state index contributed by atoms with van der Waals surface area (Å²) in [6, 6.07) is 6.69. The van der Waals surface area contributed by atoms with Crippen molar-refractivity contribution < 1.29 is 17.5 Å². The van der Waals surface area contributed by atoms with E-state index < -0.39 is 14.6 Å². The number of benzene rings is 1. The van der Waals surface area contributed by atoms with Gasteiger partial charge in [-0.1, -0.05) is 12.1 Å². The highest BCUT2D eigenvalue weighted by Gasteiger charge is 2.41. The minimum atomic E-state index is -3.11. The largest absolute Gasteiger partial charge is 0.381 e. The molecule has 170 valence electrons. The maximum absolute atomic E-state index is 13.5. The van der Waals surface area contributed by atoms with Crippen LogP contribution in [0.4, 0.5) is 4.39 Å². The van der Waals surface area contributed by atoms with E-state index >= 15 is 0 Å². The number of sulfone groups is 1. The highest BCUT2D eigenvalue weighted by atomic mass is 127. The van der Waals surface area contributed by atoms with Gasteiger partial charge in [0.05, 0.1) is 17.0 Å². The van der Waals surface area contributed by atoms with Gasteiger partial charge in [-0.2, -0.15) is 0 Å². The summed E-state index contributed by atoms with van der Waals surface area (Å²) in [5.41, 5.74) is 0.868. The van der Waals surface area contributed by atoms with Gasteiger partial charge in [-0.05, 0) is 51.3 Å². The molecule has 0 radical (unpaired) electrons. The SMILES string of the molecule is CCNC(=NCC1(c2ccc(F)cc2)CCOCC1)N1CCS(=O)(=O)C(C)(C)C1.I. The van der Waals surface area contributed by atoms with Crippen LogP contribution in [0.25, 0.3) is 0 Å². The zero-order valence-corrected chi connectivity index (χ0v) is 21.1. The smallest absolute Gasteiger partial charge is 0.194 e. The summed E-state index contributed by atoms with van der Waals surface area (Å²) in [6.07, 6.45) is 1.64. The Labute approximate surface area is 196 Å². The van der Waals surface area contributed by atoms with Gasteiger partial charge in [0.25, 0.3) is 0 Å². The second-order valence-corrected chi connectivity index (χ2v) is 11.3. The molecule has 2 aliphatic rings. The number of nitrogens with zero attached hydrogens (tertiary/aromatic N) is 2. The third kappa shape index (κ3) is 5.45. The number of hydrogen-bond acceptors (Lipinski definition) is 4. The lowest BCUT2D eigenvalue weighted by molar-refractivity contribution is 0.0530. The molecule has 1 aromatic carbocycles. The molecule has 1 aromatic rings. The Morgan fingerprint density at radius 3 is 2.43 bits per heavy atom. The summed E-state index contributed by atoms with van der Waals surface area (Å²) in [5, 5.41) is 3.32. The average Bonchev–Trinajstić information content (AvgIpc) is 2.68. The van der Waals surface area contributed by atoms with Crippen LogP contribution < -0.4 is 5.32 Å². The predicted octanol–water partition coefficient (Wildman–Crippen LogP) is 2.97. The fourth-order valence-corrected chi connectivity index (χ4v) is 5.45. The van der Waals surface area contributed by atoms with E-state index in [-0.39, 0.29) is 41.0 Å². The van der Waals surface area contributed by atoms with Gasteiger partial charge in [0.2, 0.25) is 0 Å². The van der Waals surface area contributed by atoms with E-state index in [9.17, 15) is 12.8 Å². The molecule has 0 saturated carbocycles. The summed E-state index contributed by atoms with van der Waals surface area (Å²) in [5.74, 6) is 0.620. The van der Waals surface area contributed by atoms with E-state index in [1.54, 1.807) is 13.8 Å². The molecule has 2 fully saturated rings. The second kappa shape index (κ2) is 10.1. The van der Waals surface area contributed by atoms with Gasteiger partial charge in [-0.25, -0.2) is 12.8 Å². The van der Waals surface area contributed by atoms with Crippen LogP contribution in [0.3, 0.4) is 0 Å². The minimum absolute atomic E-state index is 0. The van der Waals surface area contributed by atoms with Crippen LogP contribution in [-0.2, 0) is 20.0 Å². The Hall–Kier alpha value is -0.940. The van der Waals surface area contributed by atoms with Crippen molar-refractivity contribution in [1.29, 1.82) is 0 Å². The molecular formula is C21H33FIN3O3S. The predicted molar refractivity (Wildman–Crippen MR) is 129 cm³/mol. The number of hydrogen-bond donors (Lipinski definition) is 1. The zero-order valence-electron chi connectivity index (χ0n) is 18.0. The zero-order chi connectivity index (χ0) is 21.1. The van der Waals surface area contributed by atoms with Crippen molar-refractivity contribution in [2.24, 2.45) is 4.99 Å². The minimum Gasteiger partial charge on any atom is -0.381 e. The molecule has 0 aliphatic carbocycles. The number of guanidine groups is 1. The van der Waals surface area contributed by atoms with Crippen LogP contribution in [0.2, 0.25) is 0 Å². The monoisotopic (exact) mass is 553 g/mol. The summed E-state index contributed by atoms with van der Waals surface area (Å²) in [6.45, 7) is 8.96. The van der Waals surface area contributed by atoms with E-state index in [1.807, 2.05) is 24.0 Å². The second-order valence-electron chi connectivity index (χ2n) is 8.57. The van der Waals surface area contributed by atoms with Crippen LogP contribution in [-0.4, -0.2) is 69.2 Å². The Kier molecular flexibility index (Phi) is 8.54. The molecule has 1 N–H and O–H groups in total. The Morgan fingerprint density at radius 1 is 1.23 bits per heavy atom. The summed E-state index contributed by atoms with van der Waals surface area (Å²) < 4.78 is 43.0. The molecule has 2 heterocycles. The standard InChI is InChI=1S/C21H32FN3O3S.HI/c1-4-23-19(25-11-14-29(26,27)20(2,3)16-25)24-15-21(9-12-28-13-10-21)17-5-7-18(22)8-6-17;/h5-8H,4,9-16H2,1-3H3,(H,23,24);1H. The topological polar surface area (TPSA) is 71.0 Å². The van der Waals surface area contributed by atoms with Gasteiger partial charge >= 0.3 is 0 Å². The molecule has 0 unspecified atom stereocenters. The van der Waals surface area contributed by atoms with E-state index in [4.69, 9.17) is 9.73 Å². The first-order chi connectivity index (χ1) is 13.7.